The van der Waals surface area contributed by atoms with Crippen LogP contribution in [0.1, 0.15) is 174 Å². The summed E-state index contributed by atoms with van der Waals surface area (Å²) in [4.78, 5) is 33.3. The van der Waals surface area contributed by atoms with E-state index in [1.807, 2.05) is 0 Å². The molecule has 0 aromatic heterocycles. The molecule has 0 aromatic rings. The molecule has 0 bridgehead atoms. The van der Waals surface area contributed by atoms with E-state index in [2.05, 4.69) is 19.1 Å². The monoisotopic (exact) mass is 611 g/mol. The number of nitrogens with zero attached hydrogens (tertiary/aromatic N) is 1. The molecule has 0 atom stereocenters. The highest BCUT2D eigenvalue weighted by molar-refractivity contribution is 5.67. The molecule has 0 unspecified atom stereocenters. The molecule has 0 aromatic carbocycles. The maximum Gasteiger partial charge on any atom is 0.303 e. The van der Waals surface area contributed by atoms with Crippen LogP contribution in [0.4, 0.5) is 0 Å². The molecule has 7 heteroatoms. The third-order valence-electron chi connectivity index (χ3n) is 8.71. The highest BCUT2D eigenvalue weighted by atomic mass is 16.4. The molecule has 0 rings (SSSR count). The van der Waals surface area contributed by atoms with Gasteiger partial charge in [-0.1, -0.05) is 115 Å². The first-order chi connectivity index (χ1) is 20.8. The van der Waals surface area contributed by atoms with Crippen molar-refractivity contribution < 1.29 is 34.2 Å². The Hall–Kier alpha value is -1.89. The zero-order valence-corrected chi connectivity index (χ0v) is 27.9. The summed E-state index contributed by atoms with van der Waals surface area (Å²) < 4.78 is 0.622. The fourth-order valence-corrected chi connectivity index (χ4v) is 6.12. The Morgan fingerprint density at radius 2 is 0.698 bits per heavy atom. The predicted molar refractivity (Wildman–Crippen MR) is 177 cm³/mol. The van der Waals surface area contributed by atoms with Crippen molar-refractivity contribution in [3.05, 3.63) is 12.2 Å². The molecule has 0 spiro atoms. The Kier molecular flexibility index (Phi) is 28.8. The average Bonchev–Trinajstić information content (AvgIpc) is 2.95. The van der Waals surface area contributed by atoms with Gasteiger partial charge >= 0.3 is 17.9 Å². The van der Waals surface area contributed by atoms with Crippen LogP contribution in [0.3, 0.4) is 0 Å². The van der Waals surface area contributed by atoms with E-state index >= 15 is 0 Å². The molecule has 3 N–H and O–H groups in total. The van der Waals surface area contributed by atoms with Crippen LogP contribution in [-0.2, 0) is 14.4 Å². The number of hydrogen-bond acceptors (Lipinski definition) is 3. The maximum atomic E-state index is 11.1. The van der Waals surface area contributed by atoms with Crippen LogP contribution >= 0.6 is 0 Å². The molecule has 0 radical (unpaired) electrons. The Bertz CT molecular complexity index is 658. The number of allylic oxidation sites excluding steroid dienone is 2. The van der Waals surface area contributed by atoms with Gasteiger partial charge in [0.25, 0.3) is 0 Å². The van der Waals surface area contributed by atoms with Crippen molar-refractivity contribution in [2.24, 2.45) is 0 Å². The number of aliphatic carboxylic acids is 3. The van der Waals surface area contributed by atoms with E-state index in [9.17, 15) is 14.4 Å². The Morgan fingerprint density at radius 1 is 0.419 bits per heavy atom. The molecule has 0 saturated carbocycles. The van der Waals surface area contributed by atoms with Crippen LogP contribution in [0.5, 0.6) is 0 Å². The van der Waals surface area contributed by atoms with E-state index in [0.29, 0.717) is 43.4 Å². The Balaban J connectivity index is 4.04. The largest absolute Gasteiger partial charge is 0.481 e. The predicted octanol–water partition coefficient (Wildman–Crippen LogP) is 9.78. The molecule has 0 aliphatic rings. The van der Waals surface area contributed by atoms with Gasteiger partial charge in [-0.3, -0.25) is 14.4 Å². The zero-order valence-electron chi connectivity index (χ0n) is 27.9. The van der Waals surface area contributed by atoms with E-state index in [4.69, 9.17) is 15.3 Å². The standard InChI is InChI=1S/C36H67NO6/c1-2-3-4-5-6-7-8-9-10-11-12-13-14-15-16-17-18-19-20-21-22-23-30-37(31-24-27-34(38)39,32-25-28-35(40)41)33-26-29-36(42)43/h19-20H,2-18,21-33H2,1H3,(H2-,38,39,40,41,42,43)/p+1/b20-19+. The molecule has 43 heavy (non-hydrogen) atoms. The van der Waals surface area contributed by atoms with Crippen LogP contribution < -0.4 is 0 Å². The molecule has 0 fully saturated rings. The molecule has 252 valence electrons. The molecule has 0 heterocycles. The minimum atomic E-state index is -0.830. The summed E-state index contributed by atoms with van der Waals surface area (Å²) in [6.07, 6.45) is 32.7. The third-order valence-corrected chi connectivity index (χ3v) is 8.71. The molecule has 0 saturated heterocycles. The number of unbranched alkanes of at least 4 members (excludes halogenated alkanes) is 18. The number of quaternary nitrogens is 1. The number of carboxylic acids is 3. The van der Waals surface area contributed by atoms with Crippen molar-refractivity contribution in [1.29, 1.82) is 0 Å². The molecular weight excluding hydrogens is 542 g/mol. The first-order valence-electron chi connectivity index (χ1n) is 18.0. The quantitative estimate of drug-likeness (QED) is 0.0380. The second-order valence-electron chi connectivity index (χ2n) is 12.8. The van der Waals surface area contributed by atoms with Gasteiger partial charge in [0.15, 0.2) is 0 Å². The minimum absolute atomic E-state index is 0.0833. The maximum absolute atomic E-state index is 11.1. The average molecular weight is 611 g/mol. The summed E-state index contributed by atoms with van der Waals surface area (Å²) in [5.41, 5.74) is 0. The highest BCUT2D eigenvalue weighted by Gasteiger charge is 2.27. The second-order valence-corrected chi connectivity index (χ2v) is 12.8. The van der Waals surface area contributed by atoms with Crippen LogP contribution in [0.25, 0.3) is 0 Å². The molecule has 0 aliphatic heterocycles. The van der Waals surface area contributed by atoms with Crippen LogP contribution in [-0.4, -0.2) is 63.9 Å². The van der Waals surface area contributed by atoms with E-state index < -0.39 is 17.9 Å². The summed E-state index contributed by atoms with van der Waals surface area (Å²) in [6.45, 7) is 5.08. The Morgan fingerprint density at radius 3 is 1.02 bits per heavy atom. The molecule has 0 amide bonds. The van der Waals surface area contributed by atoms with E-state index in [1.54, 1.807) is 0 Å². The second kappa shape index (κ2) is 30.1. The minimum Gasteiger partial charge on any atom is -0.481 e. The van der Waals surface area contributed by atoms with Gasteiger partial charge in [0.1, 0.15) is 0 Å². The van der Waals surface area contributed by atoms with E-state index in [-0.39, 0.29) is 19.3 Å². The Labute approximate surface area is 264 Å². The zero-order chi connectivity index (χ0) is 31.9. The van der Waals surface area contributed by atoms with Gasteiger partial charge < -0.3 is 19.8 Å². The lowest BCUT2D eigenvalue weighted by molar-refractivity contribution is -0.929. The van der Waals surface area contributed by atoms with Gasteiger partial charge in [-0.05, 0) is 32.1 Å². The topological polar surface area (TPSA) is 112 Å². The van der Waals surface area contributed by atoms with E-state index in [0.717, 1.165) is 32.2 Å². The number of carbonyl (C=O) groups is 3. The molecular formula is C36H68NO6+. The lowest BCUT2D eigenvalue weighted by Gasteiger charge is -2.39. The smallest absolute Gasteiger partial charge is 0.303 e. The third kappa shape index (κ3) is 29.9. The van der Waals surface area contributed by atoms with Gasteiger partial charge in [0.05, 0.1) is 45.4 Å². The van der Waals surface area contributed by atoms with Gasteiger partial charge in [0.2, 0.25) is 0 Å². The van der Waals surface area contributed by atoms with Crippen LogP contribution in [0, 0.1) is 0 Å². The number of hydrogen-bond donors (Lipinski definition) is 3. The summed E-state index contributed by atoms with van der Waals surface area (Å²) in [6, 6.07) is 0. The van der Waals surface area contributed by atoms with Crippen molar-refractivity contribution in [2.75, 3.05) is 26.2 Å². The SMILES string of the molecule is CCCCCCCCCCCCCCCCCC/C=C/CCCC[N+](CCCC(=O)O)(CCCC(=O)O)CCCC(=O)O. The number of rotatable bonds is 34. The van der Waals surface area contributed by atoms with Crippen LogP contribution in [0.15, 0.2) is 12.2 Å². The van der Waals surface area contributed by atoms with Crippen LogP contribution in [0.2, 0.25) is 0 Å². The van der Waals surface area contributed by atoms with Crippen molar-refractivity contribution >= 4 is 17.9 Å². The molecule has 0 aliphatic carbocycles. The van der Waals surface area contributed by atoms with Gasteiger partial charge in [-0.25, -0.2) is 0 Å². The fourth-order valence-electron chi connectivity index (χ4n) is 6.12. The van der Waals surface area contributed by atoms with Crippen molar-refractivity contribution in [1.82, 2.24) is 0 Å². The summed E-state index contributed by atoms with van der Waals surface area (Å²) in [7, 11) is 0. The lowest BCUT2D eigenvalue weighted by Crippen LogP contribution is -2.51. The first kappa shape index (κ1) is 41.1. The van der Waals surface area contributed by atoms with Gasteiger partial charge in [-0.15, -0.1) is 0 Å². The fraction of sp³-hybridized carbons (Fsp3) is 0.861. The highest BCUT2D eigenvalue weighted by Crippen LogP contribution is 2.18. The summed E-state index contributed by atoms with van der Waals surface area (Å²) >= 11 is 0. The molecule has 7 nitrogen and oxygen atoms in total. The normalized spacial score (nSPS) is 11.8. The van der Waals surface area contributed by atoms with E-state index in [1.165, 1.54) is 103 Å². The summed E-state index contributed by atoms with van der Waals surface area (Å²) in [5, 5.41) is 27.3. The van der Waals surface area contributed by atoms with Crippen molar-refractivity contribution in [3.8, 4) is 0 Å². The number of carboxylic acid groups (broad SMARTS) is 3. The lowest BCUT2D eigenvalue weighted by atomic mass is 10.0. The first-order valence-corrected chi connectivity index (χ1v) is 18.0. The van der Waals surface area contributed by atoms with Gasteiger partial charge in [0, 0.05) is 19.3 Å². The summed E-state index contributed by atoms with van der Waals surface area (Å²) in [5.74, 6) is -2.49. The van der Waals surface area contributed by atoms with Crippen molar-refractivity contribution in [3.63, 3.8) is 0 Å². The van der Waals surface area contributed by atoms with Crippen molar-refractivity contribution in [2.45, 2.75) is 174 Å². The van der Waals surface area contributed by atoms with Gasteiger partial charge in [-0.2, -0.15) is 0 Å².